The standard InChI is InChI=1S/C22H15ClN2O4/c1-13-19(21(26)25(24-13)17-7-3-6-16(23)11-17)12-18-8-9-20(29-18)14-4-2-5-15(10-14)22(27)28/h2-12H,1H3,(H,27,28)/b19-12+. The second-order valence-corrected chi connectivity index (χ2v) is 6.86. The van der Waals surface area contributed by atoms with Gasteiger partial charge in [0.2, 0.25) is 0 Å². The maximum absolute atomic E-state index is 12.8. The predicted octanol–water partition coefficient (Wildman–Crippen LogP) is 5.10. The summed E-state index contributed by atoms with van der Waals surface area (Å²) in [6, 6.07) is 16.8. The van der Waals surface area contributed by atoms with Crippen molar-refractivity contribution in [3.05, 3.63) is 82.6 Å². The van der Waals surface area contributed by atoms with Crippen molar-refractivity contribution in [1.29, 1.82) is 0 Å². The second kappa shape index (κ2) is 7.41. The van der Waals surface area contributed by atoms with Crippen molar-refractivity contribution in [3.63, 3.8) is 0 Å². The Labute approximate surface area is 171 Å². The van der Waals surface area contributed by atoms with E-state index in [0.717, 1.165) is 0 Å². The van der Waals surface area contributed by atoms with Crippen LogP contribution in [-0.4, -0.2) is 22.7 Å². The van der Waals surface area contributed by atoms with Crippen molar-refractivity contribution >= 4 is 41.0 Å². The van der Waals surface area contributed by atoms with Crippen LogP contribution in [0.4, 0.5) is 5.69 Å². The van der Waals surface area contributed by atoms with Crippen molar-refractivity contribution < 1.29 is 19.1 Å². The van der Waals surface area contributed by atoms with Gasteiger partial charge in [-0.25, -0.2) is 4.79 Å². The van der Waals surface area contributed by atoms with E-state index in [0.29, 0.717) is 39.1 Å². The maximum Gasteiger partial charge on any atom is 0.335 e. The summed E-state index contributed by atoms with van der Waals surface area (Å²) < 4.78 is 5.81. The fourth-order valence-corrected chi connectivity index (χ4v) is 3.19. The Bertz CT molecular complexity index is 1190. The van der Waals surface area contributed by atoms with Crippen LogP contribution in [0, 0.1) is 0 Å². The summed E-state index contributed by atoms with van der Waals surface area (Å²) in [5.41, 5.74) is 2.35. The van der Waals surface area contributed by atoms with Crippen LogP contribution in [0.1, 0.15) is 23.0 Å². The number of carboxylic acid groups (broad SMARTS) is 1. The number of anilines is 1. The average Bonchev–Trinajstić information content (AvgIpc) is 3.28. The average molecular weight is 407 g/mol. The van der Waals surface area contributed by atoms with Crippen LogP contribution in [0.5, 0.6) is 0 Å². The van der Waals surface area contributed by atoms with Gasteiger partial charge in [-0.15, -0.1) is 0 Å². The molecule has 1 N–H and O–H groups in total. The number of benzene rings is 2. The fraction of sp³-hybridized carbons (Fsp3) is 0.0455. The third-order valence-corrected chi connectivity index (χ3v) is 4.66. The lowest BCUT2D eigenvalue weighted by Gasteiger charge is -2.11. The van der Waals surface area contributed by atoms with E-state index in [1.165, 1.54) is 17.1 Å². The number of aromatic carboxylic acids is 1. The zero-order valence-corrected chi connectivity index (χ0v) is 16.1. The normalized spacial score (nSPS) is 15.1. The van der Waals surface area contributed by atoms with Crippen LogP contribution in [-0.2, 0) is 4.79 Å². The largest absolute Gasteiger partial charge is 0.478 e. The lowest BCUT2D eigenvalue weighted by atomic mass is 10.1. The summed E-state index contributed by atoms with van der Waals surface area (Å²) in [5, 5.41) is 15.3. The molecule has 2 aromatic carbocycles. The first-order valence-electron chi connectivity index (χ1n) is 8.73. The predicted molar refractivity (Wildman–Crippen MR) is 111 cm³/mol. The van der Waals surface area contributed by atoms with Crippen LogP contribution < -0.4 is 5.01 Å². The van der Waals surface area contributed by atoms with E-state index in [1.54, 1.807) is 61.5 Å². The van der Waals surface area contributed by atoms with Gasteiger partial charge >= 0.3 is 5.97 Å². The van der Waals surface area contributed by atoms with Gasteiger partial charge in [0.1, 0.15) is 11.5 Å². The van der Waals surface area contributed by atoms with Crippen molar-refractivity contribution in [2.45, 2.75) is 6.92 Å². The van der Waals surface area contributed by atoms with E-state index in [9.17, 15) is 9.59 Å². The number of hydrazone groups is 1. The number of rotatable bonds is 4. The Hall–Kier alpha value is -3.64. The van der Waals surface area contributed by atoms with Crippen LogP contribution in [0.25, 0.3) is 17.4 Å². The number of furan rings is 1. The minimum absolute atomic E-state index is 0.171. The molecule has 0 saturated heterocycles. The Morgan fingerprint density at radius 1 is 1.14 bits per heavy atom. The van der Waals surface area contributed by atoms with E-state index >= 15 is 0 Å². The Morgan fingerprint density at radius 2 is 1.93 bits per heavy atom. The van der Waals surface area contributed by atoms with Gasteiger partial charge in [0, 0.05) is 10.6 Å². The molecule has 0 saturated carbocycles. The highest BCUT2D eigenvalue weighted by Gasteiger charge is 2.29. The first kappa shape index (κ1) is 18.7. The molecule has 6 nitrogen and oxygen atoms in total. The summed E-state index contributed by atoms with van der Waals surface area (Å²) >= 11 is 6.01. The summed E-state index contributed by atoms with van der Waals surface area (Å²) in [7, 11) is 0. The number of amides is 1. The molecule has 7 heteroatoms. The first-order valence-corrected chi connectivity index (χ1v) is 9.11. The second-order valence-electron chi connectivity index (χ2n) is 6.43. The molecule has 0 atom stereocenters. The lowest BCUT2D eigenvalue weighted by molar-refractivity contribution is -0.114. The number of hydrogen-bond acceptors (Lipinski definition) is 4. The molecule has 2 heterocycles. The van der Waals surface area contributed by atoms with Gasteiger partial charge in [0.05, 0.1) is 22.5 Å². The van der Waals surface area contributed by atoms with Crippen molar-refractivity contribution in [1.82, 2.24) is 0 Å². The summed E-state index contributed by atoms with van der Waals surface area (Å²) in [4.78, 5) is 24.0. The summed E-state index contributed by atoms with van der Waals surface area (Å²) in [5.74, 6) is -0.320. The molecule has 0 radical (unpaired) electrons. The van der Waals surface area contributed by atoms with Gasteiger partial charge in [0.25, 0.3) is 5.91 Å². The van der Waals surface area contributed by atoms with E-state index in [4.69, 9.17) is 21.1 Å². The number of nitrogens with zero attached hydrogens (tertiary/aromatic N) is 2. The monoisotopic (exact) mass is 406 g/mol. The molecular formula is C22H15ClN2O4. The van der Waals surface area contributed by atoms with Crippen molar-refractivity contribution in [2.75, 3.05) is 5.01 Å². The molecular weight excluding hydrogens is 392 g/mol. The third kappa shape index (κ3) is 3.70. The molecule has 1 aromatic heterocycles. The highest BCUT2D eigenvalue weighted by molar-refractivity contribution is 6.33. The van der Waals surface area contributed by atoms with E-state index < -0.39 is 5.97 Å². The van der Waals surface area contributed by atoms with Crippen molar-refractivity contribution in [2.24, 2.45) is 5.10 Å². The van der Waals surface area contributed by atoms with Gasteiger partial charge in [-0.3, -0.25) is 4.79 Å². The van der Waals surface area contributed by atoms with Crippen LogP contribution in [0.2, 0.25) is 5.02 Å². The highest BCUT2D eigenvalue weighted by atomic mass is 35.5. The minimum Gasteiger partial charge on any atom is -0.478 e. The molecule has 0 spiro atoms. The van der Waals surface area contributed by atoms with Gasteiger partial charge in [-0.05, 0) is 55.5 Å². The maximum atomic E-state index is 12.8. The fourth-order valence-electron chi connectivity index (χ4n) is 3.00. The lowest BCUT2D eigenvalue weighted by Crippen LogP contribution is -2.21. The number of hydrogen-bond donors (Lipinski definition) is 1. The summed E-state index contributed by atoms with van der Waals surface area (Å²) in [6.45, 7) is 1.74. The Balaban J connectivity index is 1.62. The van der Waals surface area contributed by atoms with E-state index in [-0.39, 0.29) is 11.5 Å². The SMILES string of the molecule is CC1=NN(c2cccc(Cl)c2)C(=O)/C1=C/c1ccc(-c2cccc(C(=O)O)c2)o1. The van der Waals surface area contributed by atoms with Crippen LogP contribution in [0.15, 0.2) is 75.8 Å². The number of carbonyl (C=O) groups excluding carboxylic acids is 1. The molecule has 4 rings (SSSR count). The molecule has 0 bridgehead atoms. The zero-order chi connectivity index (χ0) is 20.5. The third-order valence-electron chi connectivity index (χ3n) is 4.42. The van der Waals surface area contributed by atoms with Crippen molar-refractivity contribution in [3.8, 4) is 11.3 Å². The smallest absolute Gasteiger partial charge is 0.335 e. The molecule has 144 valence electrons. The Morgan fingerprint density at radius 3 is 2.69 bits per heavy atom. The van der Waals surface area contributed by atoms with Gasteiger partial charge < -0.3 is 9.52 Å². The number of carboxylic acids is 1. The molecule has 1 aliphatic rings. The number of halogens is 1. The van der Waals surface area contributed by atoms with E-state index in [1.807, 2.05) is 0 Å². The molecule has 0 aliphatic carbocycles. The van der Waals surface area contributed by atoms with Crippen LogP contribution in [0.3, 0.4) is 0 Å². The molecule has 1 amide bonds. The Kier molecular flexibility index (Phi) is 4.78. The quantitative estimate of drug-likeness (QED) is 0.610. The summed E-state index contributed by atoms with van der Waals surface area (Å²) in [6.07, 6.45) is 1.62. The van der Waals surface area contributed by atoms with Gasteiger partial charge in [0.15, 0.2) is 0 Å². The zero-order valence-electron chi connectivity index (χ0n) is 15.3. The number of carbonyl (C=O) groups is 2. The first-order chi connectivity index (χ1) is 13.9. The highest BCUT2D eigenvalue weighted by Crippen LogP contribution is 2.29. The van der Waals surface area contributed by atoms with Gasteiger partial charge in [-0.1, -0.05) is 29.8 Å². The molecule has 3 aromatic rings. The molecule has 1 aliphatic heterocycles. The minimum atomic E-state index is -1.01. The molecule has 29 heavy (non-hydrogen) atoms. The molecule has 0 fully saturated rings. The van der Waals surface area contributed by atoms with Crippen LogP contribution >= 0.6 is 11.6 Å². The van der Waals surface area contributed by atoms with E-state index in [2.05, 4.69) is 5.10 Å². The molecule has 0 unspecified atom stereocenters. The topological polar surface area (TPSA) is 83.1 Å². The van der Waals surface area contributed by atoms with Gasteiger partial charge in [-0.2, -0.15) is 10.1 Å².